The van der Waals surface area contributed by atoms with E-state index in [1.807, 2.05) is 36.6 Å². The quantitative estimate of drug-likeness (QED) is 0.680. The van der Waals surface area contributed by atoms with Gasteiger partial charge in [0.2, 0.25) is 0 Å². The zero-order valence-corrected chi connectivity index (χ0v) is 13.4. The van der Waals surface area contributed by atoms with Crippen LogP contribution in [-0.4, -0.2) is 9.97 Å². The molecule has 2 aromatic heterocycles. The van der Waals surface area contributed by atoms with Gasteiger partial charge in [-0.05, 0) is 37.3 Å². The van der Waals surface area contributed by atoms with Crippen molar-refractivity contribution in [2.45, 2.75) is 6.92 Å². The van der Waals surface area contributed by atoms with Crippen molar-refractivity contribution >= 4 is 45.5 Å². The predicted octanol–water partition coefficient (Wildman–Crippen LogP) is 5.56. The van der Waals surface area contributed by atoms with Crippen molar-refractivity contribution in [3.8, 4) is 11.3 Å². The van der Waals surface area contributed by atoms with Gasteiger partial charge in [0.05, 0.1) is 10.7 Å². The molecule has 0 radical (unpaired) electrons. The van der Waals surface area contributed by atoms with Crippen molar-refractivity contribution in [3.63, 3.8) is 0 Å². The van der Waals surface area contributed by atoms with Crippen LogP contribution >= 0.6 is 34.5 Å². The molecule has 21 heavy (non-hydrogen) atoms. The van der Waals surface area contributed by atoms with Gasteiger partial charge >= 0.3 is 0 Å². The molecule has 1 N–H and O–H groups in total. The lowest BCUT2D eigenvalue weighted by Crippen LogP contribution is -1.93. The van der Waals surface area contributed by atoms with Gasteiger partial charge in [0.25, 0.3) is 0 Å². The summed E-state index contributed by atoms with van der Waals surface area (Å²) in [6.45, 7) is 1.95. The van der Waals surface area contributed by atoms with Crippen molar-refractivity contribution in [1.29, 1.82) is 0 Å². The first-order valence-corrected chi connectivity index (χ1v) is 7.87. The van der Waals surface area contributed by atoms with E-state index in [0.29, 0.717) is 10.0 Å². The van der Waals surface area contributed by atoms with E-state index in [4.69, 9.17) is 23.2 Å². The second kappa shape index (κ2) is 6.02. The van der Waals surface area contributed by atoms with Crippen molar-refractivity contribution in [2.75, 3.05) is 5.32 Å². The van der Waals surface area contributed by atoms with E-state index in [1.54, 1.807) is 12.1 Å². The van der Waals surface area contributed by atoms with Crippen LogP contribution in [0.2, 0.25) is 10.0 Å². The summed E-state index contributed by atoms with van der Waals surface area (Å²) in [5, 5.41) is 7.12. The van der Waals surface area contributed by atoms with Gasteiger partial charge < -0.3 is 5.32 Å². The average molecular weight is 336 g/mol. The van der Waals surface area contributed by atoms with Gasteiger partial charge in [-0.2, -0.15) is 0 Å². The minimum absolute atomic E-state index is 0.591. The Morgan fingerprint density at radius 2 is 1.95 bits per heavy atom. The summed E-state index contributed by atoms with van der Waals surface area (Å²) in [6.07, 6.45) is 0. The molecule has 0 spiro atoms. The number of halogens is 2. The zero-order chi connectivity index (χ0) is 14.8. The highest BCUT2D eigenvalue weighted by molar-refractivity contribution is 7.14. The Morgan fingerprint density at radius 3 is 2.71 bits per heavy atom. The number of aryl methyl sites for hydroxylation is 1. The number of anilines is 2. The molecule has 3 nitrogen and oxygen atoms in total. The topological polar surface area (TPSA) is 37.8 Å². The third-order valence-electron chi connectivity index (χ3n) is 2.83. The fourth-order valence-electron chi connectivity index (χ4n) is 1.87. The summed E-state index contributed by atoms with van der Waals surface area (Å²) in [5.41, 5.74) is 2.64. The molecule has 6 heteroatoms. The summed E-state index contributed by atoms with van der Waals surface area (Å²) in [4.78, 5) is 8.93. The standard InChI is InChI=1S/C15H11Cl2N3S/c1-9-3-2-4-14(18-9)20-15-19-13(8-21-15)11-6-5-10(16)7-12(11)17/h2-8H,1H3,(H,18,19,20). The van der Waals surface area contributed by atoms with E-state index < -0.39 is 0 Å². The molecule has 0 saturated heterocycles. The van der Waals surface area contributed by atoms with Crippen LogP contribution in [0.15, 0.2) is 41.8 Å². The van der Waals surface area contributed by atoms with Gasteiger partial charge in [-0.3, -0.25) is 0 Å². The lowest BCUT2D eigenvalue weighted by Gasteiger charge is -2.03. The van der Waals surface area contributed by atoms with Gasteiger partial charge in [0.1, 0.15) is 5.82 Å². The highest BCUT2D eigenvalue weighted by Gasteiger charge is 2.09. The summed E-state index contributed by atoms with van der Waals surface area (Å²) < 4.78 is 0. The van der Waals surface area contributed by atoms with E-state index in [-0.39, 0.29) is 0 Å². The fourth-order valence-corrected chi connectivity index (χ4v) is 3.10. The van der Waals surface area contributed by atoms with Gasteiger partial charge in [-0.25, -0.2) is 9.97 Å². The van der Waals surface area contributed by atoms with Crippen LogP contribution in [-0.2, 0) is 0 Å². The van der Waals surface area contributed by atoms with Gasteiger partial charge in [-0.15, -0.1) is 11.3 Å². The lowest BCUT2D eigenvalue weighted by molar-refractivity contribution is 1.19. The first kappa shape index (κ1) is 14.3. The molecule has 0 aliphatic carbocycles. The van der Waals surface area contributed by atoms with Gasteiger partial charge in [0, 0.05) is 21.7 Å². The molecule has 3 aromatic rings. The maximum Gasteiger partial charge on any atom is 0.188 e. The van der Waals surface area contributed by atoms with Crippen LogP contribution in [0, 0.1) is 6.92 Å². The number of hydrogen-bond donors (Lipinski definition) is 1. The van der Waals surface area contributed by atoms with Crippen LogP contribution in [0.25, 0.3) is 11.3 Å². The second-order valence-electron chi connectivity index (χ2n) is 4.45. The molecule has 0 unspecified atom stereocenters. The highest BCUT2D eigenvalue weighted by Crippen LogP contribution is 2.32. The van der Waals surface area contributed by atoms with Crippen molar-refractivity contribution in [1.82, 2.24) is 9.97 Å². The number of nitrogens with one attached hydrogen (secondary N) is 1. The SMILES string of the molecule is Cc1cccc(Nc2nc(-c3ccc(Cl)cc3Cl)cs2)n1. The minimum atomic E-state index is 0.591. The molecule has 1 aromatic carbocycles. The van der Waals surface area contributed by atoms with E-state index in [0.717, 1.165) is 27.9 Å². The molecule has 0 aliphatic rings. The molecule has 0 bridgehead atoms. The number of nitrogens with zero attached hydrogens (tertiary/aromatic N) is 2. The Labute approximate surface area is 136 Å². The van der Waals surface area contributed by atoms with Crippen molar-refractivity contribution < 1.29 is 0 Å². The number of rotatable bonds is 3. The predicted molar refractivity (Wildman–Crippen MR) is 89.8 cm³/mol. The molecule has 0 saturated carbocycles. The highest BCUT2D eigenvalue weighted by atomic mass is 35.5. The Kier molecular flexibility index (Phi) is 4.10. The normalized spacial score (nSPS) is 10.6. The molecule has 0 amide bonds. The largest absolute Gasteiger partial charge is 0.316 e. The molecular weight excluding hydrogens is 325 g/mol. The summed E-state index contributed by atoms with van der Waals surface area (Å²) >= 11 is 13.6. The molecule has 0 fully saturated rings. The molecular formula is C15H11Cl2N3S. The van der Waals surface area contributed by atoms with Crippen LogP contribution in [0.1, 0.15) is 5.69 Å². The number of benzene rings is 1. The number of aromatic nitrogens is 2. The molecule has 0 atom stereocenters. The Hall–Kier alpha value is -1.62. The maximum atomic E-state index is 6.20. The Morgan fingerprint density at radius 1 is 1.10 bits per heavy atom. The molecule has 106 valence electrons. The first-order valence-electron chi connectivity index (χ1n) is 6.23. The zero-order valence-electron chi connectivity index (χ0n) is 11.1. The van der Waals surface area contributed by atoms with Crippen LogP contribution in [0.5, 0.6) is 0 Å². The second-order valence-corrected chi connectivity index (χ2v) is 6.15. The fraction of sp³-hybridized carbons (Fsp3) is 0.0667. The van der Waals surface area contributed by atoms with Crippen molar-refractivity contribution in [2.24, 2.45) is 0 Å². The first-order chi connectivity index (χ1) is 10.1. The number of thiazole rings is 1. The Balaban J connectivity index is 1.86. The van der Waals surface area contributed by atoms with Gasteiger partial charge in [0.15, 0.2) is 5.13 Å². The average Bonchev–Trinajstić information content (AvgIpc) is 2.87. The smallest absolute Gasteiger partial charge is 0.188 e. The van der Waals surface area contributed by atoms with Crippen LogP contribution < -0.4 is 5.32 Å². The number of pyridine rings is 1. The monoisotopic (exact) mass is 335 g/mol. The van der Waals surface area contributed by atoms with E-state index in [9.17, 15) is 0 Å². The van der Waals surface area contributed by atoms with Crippen LogP contribution in [0.4, 0.5) is 10.9 Å². The van der Waals surface area contributed by atoms with Gasteiger partial charge in [-0.1, -0.05) is 29.3 Å². The van der Waals surface area contributed by atoms with E-state index in [2.05, 4.69) is 15.3 Å². The number of hydrogen-bond acceptors (Lipinski definition) is 4. The molecule has 3 rings (SSSR count). The molecule has 2 heterocycles. The summed E-state index contributed by atoms with van der Waals surface area (Å²) in [7, 11) is 0. The maximum absolute atomic E-state index is 6.20. The van der Waals surface area contributed by atoms with E-state index in [1.165, 1.54) is 11.3 Å². The van der Waals surface area contributed by atoms with Crippen LogP contribution in [0.3, 0.4) is 0 Å². The minimum Gasteiger partial charge on any atom is -0.316 e. The van der Waals surface area contributed by atoms with E-state index >= 15 is 0 Å². The third kappa shape index (κ3) is 3.35. The summed E-state index contributed by atoms with van der Waals surface area (Å²) in [6, 6.07) is 11.2. The third-order valence-corrected chi connectivity index (χ3v) is 4.14. The molecule has 0 aliphatic heterocycles. The lowest BCUT2D eigenvalue weighted by atomic mass is 10.2. The summed E-state index contributed by atoms with van der Waals surface area (Å²) in [5.74, 6) is 0.776. The Bertz CT molecular complexity index is 786. The van der Waals surface area contributed by atoms with Crippen molar-refractivity contribution in [3.05, 3.63) is 57.5 Å².